The maximum absolute atomic E-state index is 13.8. The van der Waals surface area contributed by atoms with Gasteiger partial charge in [0.25, 0.3) is 5.91 Å². The van der Waals surface area contributed by atoms with E-state index in [9.17, 15) is 4.79 Å². The molecular weight excluding hydrogens is 558 g/mol. The van der Waals surface area contributed by atoms with Crippen molar-refractivity contribution in [2.45, 2.75) is 44.1 Å². The number of ether oxygens (including phenoxy) is 2. The summed E-state index contributed by atoms with van der Waals surface area (Å²) in [6.45, 7) is 6.93. The lowest BCUT2D eigenvalue weighted by Crippen LogP contribution is -2.31. The Morgan fingerprint density at radius 1 is 1.05 bits per heavy atom. The molecule has 10 heteroatoms. The van der Waals surface area contributed by atoms with Crippen molar-refractivity contribution in [2.24, 2.45) is 0 Å². The van der Waals surface area contributed by atoms with Gasteiger partial charge in [-0.25, -0.2) is 4.68 Å². The summed E-state index contributed by atoms with van der Waals surface area (Å²) in [5, 5.41) is 12.5. The number of thioether (sulfide) groups is 1. The van der Waals surface area contributed by atoms with Crippen LogP contribution in [-0.4, -0.2) is 33.9 Å². The van der Waals surface area contributed by atoms with E-state index in [0.717, 1.165) is 17.5 Å². The number of aromatic nitrogens is 3. The van der Waals surface area contributed by atoms with Gasteiger partial charge in [-0.2, -0.15) is 4.98 Å². The second-order valence-corrected chi connectivity index (χ2v) is 10.8. The molecule has 2 N–H and O–H groups in total. The minimum atomic E-state index is -0.559. The van der Waals surface area contributed by atoms with Gasteiger partial charge in [-0.3, -0.25) is 4.79 Å². The third kappa shape index (κ3) is 6.52. The lowest BCUT2D eigenvalue weighted by atomic mass is 9.94. The molecule has 1 amide bonds. The molecule has 0 aliphatic carbocycles. The van der Waals surface area contributed by atoms with E-state index in [0.29, 0.717) is 63.6 Å². The predicted octanol–water partition coefficient (Wildman–Crippen LogP) is 7.34. The Kier molecular flexibility index (Phi) is 9.16. The van der Waals surface area contributed by atoms with Crippen LogP contribution >= 0.6 is 23.4 Å². The largest absolute Gasteiger partial charge is 0.490 e. The highest BCUT2D eigenvalue weighted by Crippen LogP contribution is 2.40. The number of hydrogen-bond donors (Lipinski definition) is 2. The Balaban J connectivity index is 1.54. The van der Waals surface area contributed by atoms with Crippen LogP contribution in [0.5, 0.6) is 11.5 Å². The molecule has 1 unspecified atom stereocenters. The highest BCUT2D eigenvalue weighted by molar-refractivity contribution is 7.98. The number of para-hydroxylation sites is 1. The molecule has 1 aliphatic rings. The van der Waals surface area contributed by atoms with E-state index in [1.54, 1.807) is 4.68 Å². The molecule has 8 nitrogen and oxygen atoms in total. The van der Waals surface area contributed by atoms with Crippen molar-refractivity contribution in [3.8, 4) is 11.5 Å². The monoisotopic (exact) mass is 589 g/mol. The molecule has 2 heterocycles. The molecule has 0 saturated heterocycles. The Morgan fingerprint density at radius 3 is 2.59 bits per heavy atom. The molecule has 1 aliphatic heterocycles. The zero-order valence-electron chi connectivity index (χ0n) is 23.2. The molecule has 41 heavy (non-hydrogen) atoms. The van der Waals surface area contributed by atoms with Crippen LogP contribution in [-0.2, 0) is 10.5 Å². The van der Waals surface area contributed by atoms with E-state index in [1.165, 1.54) is 11.8 Å². The smallest absolute Gasteiger partial charge is 0.255 e. The van der Waals surface area contributed by atoms with Gasteiger partial charge >= 0.3 is 0 Å². The van der Waals surface area contributed by atoms with Gasteiger partial charge < -0.3 is 20.1 Å². The van der Waals surface area contributed by atoms with Crippen LogP contribution in [0, 0.1) is 0 Å². The summed E-state index contributed by atoms with van der Waals surface area (Å²) in [6.07, 6.45) is 0.879. The average Bonchev–Trinajstić information content (AvgIpc) is 3.38. The number of hydrogen-bond acceptors (Lipinski definition) is 7. The number of carbonyl (C=O) groups excluding carboxylic acids is 1. The van der Waals surface area contributed by atoms with Gasteiger partial charge in [-0.1, -0.05) is 72.8 Å². The van der Waals surface area contributed by atoms with Gasteiger partial charge in [0.15, 0.2) is 11.5 Å². The minimum Gasteiger partial charge on any atom is -0.490 e. The highest BCUT2D eigenvalue weighted by Gasteiger charge is 2.35. The van der Waals surface area contributed by atoms with Crippen LogP contribution in [0.1, 0.15) is 44.4 Å². The summed E-state index contributed by atoms with van der Waals surface area (Å²) in [4.78, 5) is 18.6. The van der Waals surface area contributed by atoms with Gasteiger partial charge in [0.2, 0.25) is 11.1 Å². The van der Waals surface area contributed by atoms with Crippen LogP contribution in [0.2, 0.25) is 5.02 Å². The number of halogens is 1. The third-order valence-electron chi connectivity index (χ3n) is 6.47. The standard InChI is InChI=1S/C31H32ClN5O3S/c1-4-17-40-25-16-15-21(18-26(25)39-5-2)28-27(29(38)34-23-12-7-6-8-13-23)20(3)33-30-35-31(36-37(28)30)41-19-22-11-9-10-14-24(22)32/h6-16,18,28H,4-5,17,19H2,1-3H3,(H,34,38)(H,33,35,36). The van der Waals surface area contributed by atoms with E-state index in [4.69, 9.17) is 31.2 Å². The molecule has 3 aromatic carbocycles. The molecule has 0 fully saturated rings. The van der Waals surface area contributed by atoms with Gasteiger partial charge in [0, 0.05) is 22.2 Å². The molecule has 0 bridgehead atoms. The van der Waals surface area contributed by atoms with Crippen molar-refractivity contribution in [1.29, 1.82) is 0 Å². The summed E-state index contributed by atoms with van der Waals surface area (Å²) in [5.41, 5.74) is 3.74. The van der Waals surface area contributed by atoms with E-state index in [2.05, 4.69) is 17.6 Å². The summed E-state index contributed by atoms with van der Waals surface area (Å²) in [7, 11) is 0. The van der Waals surface area contributed by atoms with Crippen molar-refractivity contribution in [3.63, 3.8) is 0 Å². The molecule has 4 aromatic rings. The summed E-state index contributed by atoms with van der Waals surface area (Å²) < 4.78 is 13.7. The first kappa shape index (κ1) is 28.6. The maximum Gasteiger partial charge on any atom is 0.255 e. The molecule has 0 radical (unpaired) electrons. The first-order valence-corrected chi connectivity index (χ1v) is 14.9. The number of nitrogens with zero attached hydrogens (tertiary/aromatic N) is 3. The number of rotatable bonds is 11. The van der Waals surface area contributed by atoms with Gasteiger partial charge in [-0.05, 0) is 61.7 Å². The predicted molar refractivity (Wildman–Crippen MR) is 164 cm³/mol. The number of fused-ring (bicyclic) bond motifs is 1. The Hall–Kier alpha value is -3.95. The van der Waals surface area contributed by atoms with E-state index < -0.39 is 6.04 Å². The molecule has 1 atom stereocenters. The molecule has 212 valence electrons. The lowest BCUT2D eigenvalue weighted by molar-refractivity contribution is -0.113. The SMILES string of the molecule is CCCOc1ccc(C2C(C(=O)Nc3ccccc3)=C(C)Nc3nc(SCc4ccccc4Cl)nn32)cc1OCC. The number of amides is 1. The number of benzene rings is 3. The van der Waals surface area contributed by atoms with Crippen LogP contribution in [0.3, 0.4) is 0 Å². The van der Waals surface area contributed by atoms with E-state index >= 15 is 0 Å². The zero-order chi connectivity index (χ0) is 28.8. The normalized spacial score (nSPS) is 14.3. The number of carbonyl (C=O) groups is 1. The second-order valence-electron chi connectivity index (χ2n) is 9.42. The quantitative estimate of drug-likeness (QED) is 0.177. The Labute approximate surface area is 249 Å². The van der Waals surface area contributed by atoms with Crippen molar-refractivity contribution >= 4 is 40.9 Å². The summed E-state index contributed by atoms with van der Waals surface area (Å²) in [6, 6.07) is 22.3. The van der Waals surface area contributed by atoms with Crippen LogP contribution < -0.4 is 20.1 Å². The Morgan fingerprint density at radius 2 is 1.83 bits per heavy atom. The average molecular weight is 590 g/mol. The zero-order valence-corrected chi connectivity index (χ0v) is 24.8. The van der Waals surface area contributed by atoms with Gasteiger partial charge in [0.1, 0.15) is 6.04 Å². The first-order chi connectivity index (χ1) is 20.0. The third-order valence-corrected chi connectivity index (χ3v) is 7.72. The fourth-order valence-corrected chi connectivity index (χ4v) is 5.68. The molecule has 5 rings (SSSR count). The van der Waals surface area contributed by atoms with Crippen LogP contribution in [0.25, 0.3) is 0 Å². The van der Waals surface area contributed by atoms with Gasteiger partial charge in [0.05, 0.1) is 18.8 Å². The second kappa shape index (κ2) is 13.1. The van der Waals surface area contributed by atoms with Crippen molar-refractivity contribution in [1.82, 2.24) is 14.8 Å². The first-order valence-electron chi connectivity index (χ1n) is 13.5. The molecular formula is C31H32ClN5O3S. The van der Waals surface area contributed by atoms with Crippen LogP contribution in [0.15, 0.2) is 89.2 Å². The summed E-state index contributed by atoms with van der Waals surface area (Å²) in [5.74, 6) is 2.21. The fourth-order valence-electron chi connectivity index (χ4n) is 4.57. The molecule has 1 aromatic heterocycles. The maximum atomic E-state index is 13.8. The molecule has 0 saturated carbocycles. The minimum absolute atomic E-state index is 0.234. The van der Waals surface area contributed by atoms with Crippen LogP contribution in [0.4, 0.5) is 11.6 Å². The fraction of sp³-hybridized carbons (Fsp3) is 0.258. The Bertz CT molecular complexity index is 1560. The van der Waals surface area contributed by atoms with Crippen molar-refractivity contribution in [2.75, 3.05) is 23.8 Å². The number of nitrogens with one attached hydrogen (secondary N) is 2. The van der Waals surface area contributed by atoms with Gasteiger partial charge in [-0.15, -0.1) is 5.10 Å². The number of anilines is 2. The van der Waals surface area contributed by atoms with Crippen molar-refractivity contribution < 1.29 is 14.3 Å². The molecule has 0 spiro atoms. The van der Waals surface area contributed by atoms with E-state index in [1.807, 2.05) is 86.6 Å². The summed E-state index contributed by atoms with van der Waals surface area (Å²) >= 11 is 7.86. The van der Waals surface area contributed by atoms with Crippen molar-refractivity contribution in [3.05, 3.63) is 100 Å². The topological polar surface area (TPSA) is 90.3 Å². The van der Waals surface area contributed by atoms with E-state index in [-0.39, 0.29) is 5.91 Å². The highest BCUT2D eigenvalue weighted by atomic mass is 35.5. The lowest BCUT2D eigenvalue weighted by Gasteiger charge is -2.29. The number of allylic oxidation sites excluding steroid dienone is 1.